The van der Waals surface area contributed by atoms with Crippen LogP contribution in [0.5, 0.6) is 0 Å². The minimum atomic E-state index is -2.70. The minimum Gasteiger partial charge on any atom is -0.460 e. The topological polar surface area (TPSA) is 52.6 Å². The first kappa shape index (κ1) is 21.1. The van der Waals surface area contributed by atoms with Gasteiger partial charge in [0.1, 0.15) is 12.4 Å². The minimum absolute atomic E-state index is 0.123. The summed E-state index contributed by atoms with van der Waals surface area (Å²) in [5.41, 5.74) is 0. The molecule has 0 saturated carbocycles. The largest absolute Gasteiger partial charge is 0.460 e. The van der Waals surface area contributed by atoms with Gasteiger partial charge in [0.15, 0.2) is 0 Å². The van der Waals surface area contributed by atoms with E-state index in [1.807, 2.05) is 36.4 Å². The van der Waals surface area contributed by atoms with Gasteiger partial charge in [-0.2, -0.15) is 0 Å². The summed E-state index contributed by atoms with van der Waals surface area (Å²) in [6, 6.07) is 20.5. The Bertz CT molecular complexity index is 698. The first-order valence-electron chi connectivity index (χ1n) is 9.17. The fourth-order valence-electron chi connectivity index (χ4n) is 3.47. The van der Waals surface area contributed by atoms with Gasteiger partial charge in [-0.05, 0) is 15.4 Å². The highest BCUT2D eigenvalue weighted by atomic mass is 28.4. The highest BCUT2D eigenvalue weighted by Gasteiger charge is 2.50. The molecule has 4 nitrogen and oxygen atoms in total. The molecule has 5 heteroatoms. The van der Waals surface area contributed by atoms with Gasteiger partial charge in [-0.1, -0.05) is 81.4 Å². The fourth-order valence-corrected chi connectivity index (χ4v) is 8.06. The standard InChI is InChI=1S/C22H28O4Si/c1-18(24)26-19(15-16-23)17-25-27(22(2,3)4,20-11-7-5-8-12-20)21-13-9-6-10-14-21/h5-14,16,19H,15,17H2,1-4H3. The van der Waals surface area contributed by atoms with E-state index in [4.69, 9.17) is 9.16 Å². The third-order valence-corrected chi connectivity index (χ3v) is 9.60. The van der Waals surface area contributed by atoms with E-state index in [1.54, 1.807) is 0 Å². The van der Waals surface area contributed by atoms with Crippen LogP contribution in [0.3, 0.4) is 0 Å². The van der Waals surface area contributed by atoms with Gasteiger partial charge in [-0.3, -0.25) is 4.79 Å². The van der Waals surface area contributed by atoms with E-state index in [9.17, 15) is 9.59 Å². The van der Waals surface area contributed by atoms with Gasteiger partial charge in [0, 0.05) is 13.3 Å². The average Bonchev–Trinajstić information content (AvgIpc) is 2.62. The SMILES string of the molecule is CC(=O)OC(CC=O)CO[Si](c1ccccc1)(c1ccccc1)C(C)(C)C. The summed E-state index contributed by atoms with van der Waals surface area (Å²) in [5, 5.41) is 2.13. The van der Waals surface area contributed by atoms with Crippen molar-refractivity contribution >= 4 is 30.9 Å². The van der Waals surface area contributed by atoms with Crippen LogP contribution in [-0.2, 0) is 18.8 Å². The van der Waals surface area contributed by atoms with E-state index in [-0.39, 0.29) is 18.1 Å². The van der Waals surface area contributed by atoms with Gasteiger partial charge in [0.2, 0.25) is 0 Å². The molecule has 0 aliphatic heterocycles. The molecule has 27 heavy (non-hydrogen) atoms. The quantitative estimate of drug-likeness (QED) is 0.399. The predicted molar refractivity (Wildman–Crippen MR) is 110 cm³/mol. The van der Waals surface area contributed by atoms with E-state index in [0.717, 1.165) is 16.7 Å². The second-order valence-electron chi connectivity index (χ2n) is 7.61. The summed E-state index contributed by atoms with van der Waals surface area (Å²) >= 11 is 0. The molecule has 0 saturated heterocycles. The van der Waals surface area contributed by atoms with Crippen LogP contribution in [0.1, 0.15) is 34.1 Å². The van der Waals surface area contributed by atoms with Crippen molar-refractivity contribution < 1.29 is 18.8 Å². The van der Waals surface area contributed by atoms with Crippen LogP contribution in [0.4, 0.5) is 0 Å². The lowest BCUT2D eigenvalue weighted by Crippen LogP contribution is -2.67. The Morgan fingerprint density at radius 1 is 1.00 bits per heavy atom. The van der Waals surface area contributed by atoms with Crippen LogP contribution in [0.2, 0.25) is 5.04 Å². The summed E-state index contributed by atoms with van der Waals surface area (Å²) in [4.78, 5) is 22.4. The molecule has 0 bridgehead atoms. The monoisotopic (exact) mass is 384 g/mol. The van der Waals surface area contributed by atoms with Crippen molar-refractivity contribution in [1.82, 2.24) is 0 Å². The fraction of sp³-hybridized carbons (Fsp3) is 0.364. The highest BCUT2D eigenvalue weighted by Crippen LogP contribution is 2.36. The molecule has 0 heterocycles. The Balaban J connectivity index is 2.52. The molecule has 1 atom stereocenters. The first-order chi connectivity index (χ1) is 12.8. The molecule has 1 unspecified atom stereocenters. The number of carbonyl (C=O) groups excluding carboxylic acids is 2. The summed E-state index contributed by atoms with van der Waals surface area (Å²) in [5.74, 6) is -0.409. The Labute approximate surface area is 162 Å². The Kier molecular flexibility index (Phi) is 7.10. The maximum absolute atomic E-state index is 11.4. The number of rotatable bonds is 8. The number of benzene rings is 2. The molecule has 0 N–H and O–H groups in total. The van der Waals surface area contributed by atoms with Gasteiger partial charge < -0.3 is 14.0 Å². The lowest BCUT2D eigenvalue weighted by atomic mass is 10.2. The van der Waals surface area contributed by atoms with E-state index in [2.05, 4.69) is 45.0 Å². The molecule has 2 aromatic rings. The van der Waals surface area contributed by atoms with Crippen LogP contribution in [-0.4, -0.2) is 33.3 Å². The number of hydrogen-bond donors (Lipinski definition) is 0. The molecule has 0 aliphatic rings. The predicted octanol–water partition coefficient (Wildman–Crippen LogP) is 3.08. The molecular weight excluding hydrogens is 356 g/mol. The van der Waals surface area contributed by atoms with Crippen LogP contribution >= 0.6 is 0 Å². The van der Waals surface area contributed by atoms with Gasteiger partial charge in [-0.15, -0.1) is 0 Å². The van der Waals surface area contributed by atoms with E-state index < -0.39 is 20.4 Å². The zero-order valence-electron chi connectivity index (χ0n) is 16.5. The van der Waals surface area contributed by atoms with E-state index in [1.165, 1.54) is 6.92 Å². The number of aldehydes is 1. The third kappa shape index (κ3) is 4.93. The second kappa shape index (κ2) is 9.11. The molecule has 0 radical (unpaired) electrons. The Morgan fingerprint density at radius 3 is 1.85 bits per heavy atom. The molecule has 0 aromatic heterocycles. The molecule has 0 aliphatic carbocycles. The van der Waals surface area contributed by atoms with Crippen molar-refractivity contribution in [2.75, 3.05) is 6.61 Å². The molecule has 0 spiro atoms. The van der Waals surface area contributed by atoms with Gasteiger partial charge in [-0.25, -0.2) is 0 Å². The zero-order chi connectivity index (χ0) is 19.9. The van der Waals surface area contributed by atoms with Crippen LogP contribution in [0, 0.1) is 0 Å². The smallest absolute Gasteiger partial charge is 0.302 e. The van der Waals surface area contributed by atoms with Gasteiger partial charge in [0.05, 0.1) is 6.61 Å². The van der Waals surface area contributed by atoms with Crippen molar-refractivity contribution in [3.05, 3.63) is 60.7 Å². The lowest BCUT2D eigenvalue weighted by Gasteiger charge is -2.43. The Morgan fingerprint density at radius 2 is 1.48 bits per heavy atom. The number of hydrogen-bond acceptors (Lipinski definition) is 4. The van der Waals surface area contributed by atoms with Crippen LogP contribution < -0.4 is 10.4 Å². The second-order valence-corrected chi connectivity index (χ2v) is 11.9. The highest BCUT2D eigenvalue weighted by molar-refractivity contribution is 6.99. The third-order valence-electron chi connectivity index (χ3n) is 4.59. The number of esters is 1. The van der Waals surface area contributed by atoms with Crippen LogP contribution in [0.25, 0.3) is 0 Å². The normalized spacial score (nSPS) is 13.0. The molecule has 144 valence electrons. The van der Waals surface area contributed by atoms with E-state index in [0.29, 0.717) is 0 Å². The van der Waals surface area contributed by atoms with E-state index >= 15 is 0 Å². The number of ether oxygens (including phenoxy) is 1. The van der Waals surface area contributed by atoms with Gasteiger partial charge >= 0.3 is 5.97 Å². The molecule has 0 fully saturated rings. The first-order valence-corrected chi connectivity index (χ1v) is 11.1. The van der Waals surface area contributed by atoms with Crippen molar-refractivity contribution in [2.24, 2.45) is 0 Å². The lowest BCUT2D eigenvalue weighted by molar-refractivity contribution is -0.148. The summed E-state index contributed by atoms with van der Waals surface area (Å²) < 4.78 is 12.0. The summed E-state index contributed by atoms with van der Waals surface area (Å²) in [6.45, 7) is 8.07. The van der Waals surface area contributed by atoms with Crippen molar-refractivity contribution in [3.8, 4) is 0 Å². The molecule has 2 rings (SSSR count). The zero-order valence-corrected chi connectivity index (χ0v) is 17.5. The maximum atomic E-state index is 11.4. The summed E-state index contributed by atoms with van der Waals surface area (Å²) in [6.07, 6.45) is 0.307. The van der Waals surface area contributed by atoms with Gasteiger partial charge in [0.25, 0.3) is 8.32 Å². The average molecular weight is 385 g/mol. The molecule has 0 amide bonds. The van der Waals surface area contributed by atoms with Crippen molar-refractivity contribution in [1.29, 1.82) is 0 Å². The van der Waals surface area contributed by atoms with Crippen molar-refractivity contribution in [2.45, 2.75) is 45.3 Å². The number of carbonyl (C=O) groups is 2. The Hall–Kier alpha value is -2.24. The van der Waals surface area contributed by atoms with Crippen molar-refractivity contribution in [3.63, 3.8) is 0 Å². The summed E-state index contributed by atoms with van der Waals surface area (Å²) in [7, 11) is -2.70. The maximum Gasteiger partial charge on any atom is 0.302 e. The van der Waals surface area contributed by atoms with Crippen LogP contribution in [0.15, 0.2) is 60.7 Å². The molecule has 2 aromatic carbocycles. The molecular formula is C22H28O4Si.